The van der Waals surface area contributed by atoms with Gasteiger partial charge in [-0.2, -0.15) is 0 Å². The number of carbonyl (C=O) groups is 1. The van der Waals surface area contributed by atoms with Gasteiger partial charge in [-0.1, -0.05) is 31.7 Å². The molecule has 0 N–H and O–H groups in total. The molecule has 1 aromatic heterocycles. The first-order valence-electron chi connectivity index (χ1n) is 8.87. The van der Waals surface area contributed by atoms with Gasteiger partial charge in [0.2, 0.25) is 5.91 Å². The molecule has 1 aliphatic rings. The fraction of sp³-hybridized carbons (Fsp3) is 0.500. The molecule has 1 amide bonds. The molecule has 24 heavy (non-hydrogen) atoms. The monoisotopic (exact) mass is 342 g/mol. The summed E-state index contributed by atoms with van der Waals surface area (Å²) in [4.78, 5) is 19.2. The number of likely N-dealkylation sites (tertiary alicyclic amines) is 1. The van der Waals surface area contributed by atoms with E-state index in [1.165, 1.54) is 17.4 Å². The van der Waals surface area contributed by atoms with Crippen molar-refractivity contribution in [3.63, 3.8) is 0 Å². The highest BCUT2D eigenvalue weighted by atomic mass is 32.2. The lowest BCUT2D eigenvalue weighted by molar-refractivity contribution is -0.130. The van der Waals surface area contributed by atoms with E-state index in [1.807, 2.05) is 4.90 Å². The van der Waals surface area contributed by atoms with E-state index in [2.05, 4.69) is 45.0 Å². The van der Waals surface area contributed by atoms with Crippen LogP contribution in [0.1, 0.15) is 37.8 Å². The standard InChI is InChI=1S/C20H26N2OS/c1-4-16-7-8-18-17(11-16)10-15(3)20(21-18)24-13-19(23)22-9-5-6-14(2)12-22/h7-8,10-11,14H,4-6,9,12-13H2,1-3H3/t14-/m1/s1. The number of aromatic nitrogens is 1. The molecule has 4 heteroatoms. The van der Waals surface area contributed by atoms with Crippen LogP contribution in [-0.4, -0.2) is 34.6 Å². The van der Waals surface area contributed by atoms with E-state index in [1.54, 1.807) is 11.8 Å². The molecule has 1 atom stereocenters. The number of pyridine rings is 1. The summed E-state index contributed by atoms with van der Waals surface area (Å²) in [5.41, 5.74) is 3.50. The van der Waals surface area contributed by atoms with Gasteiger partial charge < -0.3 is 4.90 Å². The molecular weight excluding hydrogens is 316 g/mol. The van der Waals surface area contributed by atoms with Crippen LogP contribution < -0.4 is 0 Å². The number of hydrogen-bond acceptors (Lipinski definition) is 3. The number of hydrogen-bond donors (Lipinski definition) is 0. The maximum atomic E-state index is 12.5. The topological polar surface area (TPSA) is 33.2 Å². The molecule has 1 saturated heterocycles. The van der Waals surface area contributed by atoms with Crippen molar-refractivity contribution in [2.75, 3.05) is 18.8 Å². The summed E-state index contributed by atoms with van der Waals surface area (Å²) < 4.78 is 0. The van der Waals surface area contributed by atoms with Gasteiger partial charge in [-0.05, 0) is 61.4 Å². The molecule has 0 radical (unpaired) electrons. The van der Waals surface area contributed by atoms with Crippen LogP contribution in [0.25, 0.3) is 10.9 Å². The second-order valence-electron chi connectivity index (χ2n) is 6.87. The Morgan fingerprint density at radius 2 is 2.21 bits per heavy atom. The second kappa shape index (κ2) is 7.56. The SMILES string of the molecule is CCc1ccc2nc(SCC(=O)N3CCC[C@@H](C)C3)c(C)cc2c1. The molecule has 0 spiro atoms. The van der Waals surface area contributed by atoms with Crippen LogP contribution in [0.2, 0.25) is 0 Å². The first-order chi connectivity index (χ1) is 11.6. The van der Waals surface area contributed by atoms with Crippen LogP contribution in [0.4, 0.5) is 0 Å². The van der Waals surface area contributed by atoms with Crippen LogP contribution in [0.5, 0.6) is 0 Å². The fourth-order valence-corrected chi connectivity index (χ4v) is 4.21. The Hall–Kier alpha value is -1.55. The fourth-order valence-electron chi connectivity index (χ4n) is 3.32. The minimum absolute atomic E-state index is 0.245. The zero-order valence-electron chi connectivity index (χ0n) is 14.8. The number of thioether (sulfide) groups is 1. The number of rotatable bonds is 4. The Bertz CT molecular complexity index is 744. The number of benzene rings is 1. The third kappa shape index (κ3) is 3.92. The van der Waals surface area contributed by atoms with Crippen LogP contribution in [0.15, 0.2) is 29.3 Å². The molecule has 0 aliphatic carbocycles. The quantitative estimate of drug-likeness (QED) is 0.769. The molecular formula is C20H26N2OS. The zero-order valence-corrected chi connectivity index (χ0v) is 15.7. The first kappa shape index (κ1) is 17.3. The summed E-state index contributed by atoms with van der Waals surface area (Å²) in [5.74, 6) is 1.36. The summed E-state index contributed by atoms with van der Waals surface area (Å²) in [7, 11) is 0. The third-order valence-electron chi connectivity index (χ3n) is 4.77. The van der Waals surface area contributed by atoms with Crippen molar-refractivity contribution in [1.82, 2.24) is 9.88 Å². The van der Waals surface area contributed by atoms with Gasteiger partial charge in [-0.25, -0.2) is 4.98 Å². The minimum Gasteiger partial charge on any atom is -0.342 e. The van der Waals surface area contributed by atoms with Gasteiger partial charge >= 0.3 is 0 Å². The normalized spacial score (nSPS) is 18.1. The molecule has 1 aliphatic heterocycles. The van der Waals surface area contributed by atoms with E-state index < -0.39 is 0 Å². The molecule has 1 aromatic carbocycles. The van der Waals surface area contributed by atoms with E-state index in [0.717, 1.165) is 42.0 Å². The van der Waals surface area contributed by atoms with Gasteiger partial charge in [0.25, 0.3) is 0 Å². The van der Waals surface area contributed by atoms with Crippen molar-refractivity contribution >= 4 is 28.6 Å². The van der Waals surface area contributed by atoms with Crippen LogP contribution in [-0.2, 0) is 11.2 Å². The third-order valence-corrected chi connectivity index (χ3v) is 5.85. The summed E-state index contributed by atoms with van der Waals surface area (Å²) in [6.07, 6.45) is 3.40. The van der Waals surface area contributed by atoms with Crippen molar-refractivity contribution in [3.05, 3.63) is 35.4 Å². The highest BCUT2D eigenvalue weighted by Gasteiger charge is 2.21. The molecule has 0 unspecified atom stereocenters. The largest absolute Gasteiger partial charge is 0.342 e. The lowest BCUT2D eigenvalue weighted by Crippen LogP contribution is -2.40. The molecule has 2 heterocycles. The van der Waals surface area contributed by atoms with Gasteiger partial charge in [0.15, 0.2) is 0 Å². The number of aryl methyl sites for hydroxylation is 2. The molecule has 3 nitrogen and oxygen atoms in total. The van der Waals surface area contributed by atoms with Crippen LogP contribution in [0, 0.1) is 12.8 Å². The average Bonchev–Trinajstić information content (AvgIpc) is 2.59. The van der Waals surface area contributed by atoms with Crippen molar-refractivity contribution in [2.45, 2.75) is 45.1 Å². The molecule has 1 fully saturated rings. The summed E-state index contributed by atoms with van der Waals surface area (Å²) >= 11 is 1.57. The summed E-state index contributed by atoms with van der Waals surface area (Å²) in [6, 6.07) is 8.63. The predicted molar refractivity (Wildman–Crippen MR) is 102 cm³/mol. The molecule has 2 aromatic rings. The van der Waals surface area contributed by atoms with Gasteiger partial charge in [0, 0.05) is 18.5 Å². The highest BCUT2D eigenvalue weighted by molar-refractivity contribution is 7.99. The van der Waals surface area contributed by atoms with E-state index in [4.69, 9.17) is 4.98 Å². The Morgan fingerprint density at radius 1 is 1.38 bits per heavy atom. The Labute approximate surface area is 148 Å². The lowest BCUT2D eigenvalue weighted by atomic mass is 10.0. The molecule has 3 rings (SSSR count). The summed E-state index contributed by atoms with van der Waals surface area (Å²) in [5, 5.41) is 2.16. The van der Waals surface area contributed by atoms with E-state index in [-0.39, 0.29) is 5.91 Å². The number of piperidine rings is 1. The van der Waals surface area contributed by atoms with Gasteiger partial charge in [-0.3, -0.25) is 4.79 Å². The van der Waals surface area contributed by atoms with Gasteiger partial charge in [-0.15, -0.1) is 0 Å². The average molecular weight is 343 g/mol. The van der Waals surface area contributed by atoms with Crippen molar-refractivity contribution in [1.29, 1.82) is 0 Å². The maximum Gasteiger partial charge on any atom is 0.232 e. The Balaban J connectivity index is 1.70. The number of nitrogens with zero attached hydrogens (tertiary/aromatic N) is 2. The van der Waals surface area contributed by atoms with E-state index >= 15 is 0 Å². The number of amides is 1. The van der Waals surface area contributed by atoms with Gasteiger partial charge in [0.1, 0.15) is 5.03 Å². The van der Waals surface area contributed by atoms with Crippen LogP contribution >= 0.6 is 11.8 Å². The Kier molecular flexibility index (Phi) is 5.44. The van der Waals surface area contributed by atoms with Crippen molar-refractivity contribution < 1.29 is 4.79 Å². The molecule has 0 bridgehead atoms. The second-order valence-corrected chi connectivity index (χ2v) is 7.83. The number of carbonyl (C=O) groups excluding carboxylic acids is 1. The van der Waals surface area contributed by atoms with E-state index in [9.17, 15) is 4.79 Å². The van der Waals surface area contributed by atoms with Crippen LogP contribution in [0.3, 0.4) is 0 Å². The highest BCUT2D eigenvalue weighted by Crippen LogP contribution is 2.26. The molecule has 0 saturated carbocycles. The lowest BCUT2D eigenvalue weighted by Gasteiger charge is -2.30. The minimum atomic E-state index is 0.245. The summed E-state index contributed by atoms with van der Waals surface area (Å²) in [6.45, 7) is 8.29. The maximum absolute atomic E-state index is 12.5. The zero-order chi connectivity index (χ0) is 17.1. The Morgan fingerprint density at radius 3 is 2.96 bits per heavy atom. The van der Waals surface area contributed by atoms with E-state index in [0.29, 0.717) is 11.7 Å². The molecule has 128 valence electrons. The first-order valence-corrected chi connectivity index (χ1v) is 9.86. The predicted octanol–water partition coefficient (Wildman–Crippen LogP) is 4.46. The van der Waals surface area contributed by atoms with Crippen molar-refractivity contribution in [3.8, 4) is 0 Å². The number of fused-ring (bicyclic) bond motifs is 1. The van der Waals surface area contributed by atoms with Crippen molar-refractivity contribution in [2.24, 2.45) is 5.92 Å². The smallest absolute Gasteiger partial charge is 0.232 e. The van der Waals surface area contributed by atoms with Gasteiger partial charge in [0.05, 0.1) is 11.3 Å².